The van der Waals surface area contributed by atoms with Crippen molar-refractivity contribution in [3.8, 4) is 0 Å². The van der Waals surface area contributed by atoms with Gasteiger partial charge in [-0.15, -0.1) is 10.2 Å². The maximum absolute atomic E-state index is 12.5. The zero-order valence-electron chi connectivity index (χ0n) is 18.1. The highest BCUT2D eigenvalue weighted by Gasteiger charge is 2.51. The summed E-state index contributed by atoms with van der Waals surface area (Å²) in [6.07, 6.45) is 10.5. The van der Waals surface area contributed by atoms with Crippen LogP contribution >= 0.6 is 11.8 Å². The number of amides is 1. The van der Waals surface area contributed by atoms with E-state index in [0.717, 1.165) is 52.8 Å². The number of nitrogens with zero attached hydrogens (tertiary/aromatic N) is 3. The molecule has 0 radical (unpaired) electrons. The molecule has 1 heterocycles. The van der Waals surface area contributed by atoms with Gasteiger partial charge in [0.2, 0.25) is 5.91 Å². The summed E-state index contributed by atoms with van der Waals surface area (Å²) in [7, 11) is 2.06. The van der Waals surface area contributed by atoms with E-state index >= 15 is 0 Å². The summed E-state index contributed by atoms with van der Waals surface area (Å²) in [5, 5.41) is 12.8. The number of aryl methyl sites for hydroxylation is 1. The van der Waals surface area contributed by atoms with Gasteiger partial charge in [0.05, 0.1) is 5.75 Å². The van der Waals surface area contributed by atoms with Crippen molar-refractivity contribution in [2.24, 2.45) is 30.2 Å². The number of anilines is 1. The van der Waals surface area contributed by atoms with Crippen molar-refractivity contribution in [1.29, 1.82) is 0 Å². The van der Waals surface area contributed by atoms with Gasteiger partial charge in [0.25, 0.3) is 0 Å². The molecule has 0 unspecified atom stereocenters. The third-order valence-corrected chi connectivity index (χ3v) is 8.65. The largest absolute Gasteiger partial charge is 0.325 e. The van der Waals surface area contributed by atoms with E-state index in [1.165, 1.54) is 50.3 Å². The second-order valence-corrected chi connectivity index (χ2v) is 10.8. The zero-order valence-corrected chi connectivity index (χ0v) is 18.9. The summed E-state index contributed by atoms with van der Waals surface area (Å²) in [6.45, 7) is 2.10. The number of rotatable bonds is 7. The van der Waals surface area contributed by atoms with Crippen LogP contribution in [0.1, 0.15) is 56.8 Å². The van der Waals surface area contributed by atoms with Gasteiger partial charge in [-0.25, -0.2) is 0 Å². The Morgan fingerprint density at radius 3 is 2.47 bits per heavy atom. The molecule has 4 saturated carbocycles. The third-order valence-electron chi connectivity index (χ3n) is 7.63. The van der Waals surface area contributed by atoms with Gasteiger partial charge >= 0.3 is 0 Å². The summed E-state index contributed by atoms with van der Waals surface area (Å²) in [5.74, 6) is 4.30. The number of para-hydroxylation sites is 1. The summed E-state index contributed by atoms with van der Waals surface area (Å²) in [5.41, 5.74) is 2.53. The number of nitrogens with one attached hydrogen (secondary N) is 1. The second-order valence-electron chi connectivity index (χ2n) is 9.90. The molecule has 0 atom stereocenters. The Morgan fingerprint density at radius 1 is 1.13 bits per heavy atom. The number of benzene rings is 1. The van der Waals surface area contributed by atoms with Crippen LogP contribution in [-0.4, -0.2) is 26.4 Å². The first-order valence-corrected chi connectivity index (χ1v) is 12.4. The molecule has 6 rings (SSSR count). The van der Waals surface area contributed by atoms with Crippen LogP contribution in [0.2, 0.25) is 0 Å². The molecule has 2 aromatic rings. The Kier molecular flexibility index (Phi) is 5.38. The van der Waals surface area contributed by atoms with Crippen molar-refractivity contribution in [2.75, 3.05) is 11.1 Å². The van der Waals surface area contributed by atoms with Crippen LogP contribution in [0.5, 0.6) is 0 Å². The molecule has 1 aromatic carbocycles. The Labute approximate surface area is 183 Å². The van der Waals surface area contributed by atoms with Crippen molar-refractivity contribution in [2.45, 2.75) is 63.4 Å². The number of carbonyl (C=O) groups excluding carboxylic acids is 1. The molecule has 0 aliphatic heterocycles. The molecule has 1 N–H and O–H groups in total. The van der Waals surface area contributed by atoms with Crippen LogP contribution in [0.4, 0.5) is 5.69 Å². The molecule has 160 valence electrons. The predicted molar refractivity (Wildman–Crippen MR) is 120 cm³/mol. The Bertz CT molecular complexity index is 902. The monoisotopic (exact) mass is 424 g/mol. The third kappa shape index (κ3) is 3.91. The highest BCUT2D eigenvalue weighted by molar-refractivity contribution is 7.99. The highest BCUT2D eigenvalue weighted by Crippen LogP contribution is 2.60. The van der Waals surface area contributed by atoms with E-state index in [9.17, 15) is 4.79 Å². The van der Waals surface area contributed by atoms with E-state index in [4.69, 9.17) is 0 Å². The van der Waals surface area contributed by atoms with Gasteiger partial charge in [0.15, 0.2) is 5.16 Å². The smallest absolute Gasteiger partial charge is 0.234 e. The van der Waals surface area contributed by atoms with Crippen LogP contribution in [0.15, 0.2) is 29.4 Å². The standard InChI is InChI=1S/C24H32N4OS/c1-3-19-6-4-5-7-20(19)25-22(29)15-30-23-27-26-21(28(23)2)14-24-11-16-8-17(12-24)10-18(9-16)13-24/h4-7,16-18H,3,8-15H2,1-2H3,(H,25,29). The molecule has 4 fully saturated rings. The number of hydrogen-bond donors (Lipinski definition) is 1. The van der Waals surface area contributed by atoms with Crippen LogP contribution in [0.3, 0.4) is 0 Å². The predicted octanol–water partition coefficient (Wildman–Crippen LogP) is 4.87. The first-order chi connectivity index (χ1) is 14.5. The number of carbonyl (C=O) groups is 1. The second kappa shape index (κ2) is 8.03. The summed E-state index contributed by atoms with van der Waals surface area (Å²) in [4.78, 5) is 12.5. The topological polar surface area (TPSA) is 59.8 Å². The lowest BCUT2D eigenvalue weighted by molar-refractivity contribution is -0.113. The Balaban J connectivity index is 1.21. The van der Waals surface area contributed by atoms with Crippen LogP contribution in [0.25, 0.3) is 0 Å². The fourth-order valence-corrected chi connectivity index (χ4v) is 7.46. The summed E-state index contributed by atoms with van der Waals surface area (Å²) >= 11 is 1.48. The normalized spacial score (nSPS) is 29.3. The van der Waals surface area contributed by atoms with Gasteiger partial charge in [0, 0.05) is 19.2 Å². The average molecular weight is 425 g/mol. The van der Waals surface area contributed by atoms with Gasteiger partial charge in [-0.3, -0.25) is 4.79 Å². The van der Waals surface area contributed by atoms with E-state index in [2.05, 4.69) is 40.1 Å². The lowest BCUT2D eigenvalue weighted by Crippen LogP contribution is -2.47. The van der Waals surface area contributed by atoms with E-state index < -0.39 is 0 Å². The number of hydrogen-bond acceptors (Lipinski definition) is 4. The SMILES string of the molecule is CCc1ccccc1NC(=O)CSc1nnc(CC23CC4CC(CC(C4)C2)C3)n1C. The fourth-order valence-electron chi connectivity index (χ4n) is 6.73. The lowest BCUT2D eigenvalue weighted by atomic mass is 9.49. The highest BCUT2D eigenvalue weighted by atomic mass is 32.2. The van der Waals surface area contributed by atoms with Crippen molar-refractivity contribution in [3.63, 3.8) is 0 Å². The summed E-state index contributed by atoms with van der Waals surface area (Å²) < 4.78 is 2.12. The Hall–Kier alpha value is -1.82. The zero-order chi connectivity index (χ0) is 20.7. The first-order valence-electron chi connectivity index (χ1n) is 11.4. The lowest BCUT2D eigenvalue weighted by Gasteiger charge is -2.56. The van der Waals surface area contributed by atoms with Gasteiger partial charge in [0.1, 0.15) is 5.82 Å². The van der Waals surface area contributed by atoms with Crippen molar-refractivity contribution >= 4 is 23.4 Å². The molecule has 4 aliphatic carbocycles. The van der Waals surface area contributed by atoms with Crippen molar-refractivity contribution in [3.05, 3.63) is 35.7 Å². The summed E-state index contributed by atoms with van der Waals surface area (Å²) in [6, 6.07) is 7.99. The molecule has 6 heteroatoms. The molecular weight excluding hydrogens is 392 g/mol. The van der Waals surface area contributed by atoms with Crippen LogP contribution in [-0.2, 0) is 24.7 Å². The molecule has 4 bridgehead atoms. The molecule has 4 aliphatic rings. The quantitative estimate of drug-likeness (QED) is 0.645. The van der Waals surface area contributed by atoms with Crippen LogP contribution < -0.4 is 5.32 Å². The minimum absolute atomic E-state index is 0.00605. The van der Waals surface area contributed by atoms with Gasteiger partial charge in [-0.2, -0.15) is 0 Å². The van der Waals surface area contributed by atoms with E-state index in [1.807, 2.05) is 18.2 Å². The van der Waals surface area contributed by atoms with Gasteiger partial charge in [-0.05, 0) is 79.7 Å². The number of thioether (sulfide) groups is 1. The van der Waals surface area contributed by atoms with E-state index in [-0.39, 0.29) is 5.91 Å². The average Bonchev–Trinajstić information content (AvgIpc) is 3.04. The van der Waals surface area contributed by atoms with Crippen molar-refractivity contribution < 1.29 is 4.79 Å². The molecule has 0 spiro atoms. The van der Waals surface area contributed by atoms with Gasteiger partial charge in [-0.1, -0.05) is 36.9 Å². The minimum atomic E-state index is 0.00605. The van der Waals surface area contributed by atoms with E-state index in [1.54, 1.807) is 0 Å². The molecule has 1 amide bonds. The molecule has 5 nitrogen and oxygen atoms in total. The molecular formula is C24H32N4OS. The maximum Gasteiger partial charge on any atom is 0.234 e. The molecule has 1 aromatic heterocycles. The molecule has 30 heavy (non-hydrogen) atoms. The Morgan fingerprint density at radius 2 is 1.80 bits per heavy atom. The van der Waals surface area contributed by atoms with Gasteiger partial charge < -0.3 is 9.88 Å². The minimum Gasteiger partial charge on any atom is -0.325 e. The van der Waals surface area contributed by atoms with E-state index in [0.29, 0.717) is 11.2 Å². The first kappa shape index (κ1) is 20.1. The molecule has 0 saturated heterocycles. The number of aromatic nitrogens is 3. The fraction of sp³-hybridized carbons (Fsp3) is 0.625. The maximum atomic E-state index is 12.5. The van der Waals surface area contributed by atoms with Crippen molar-refractivity contribution in [1.82, 2.24) is 14.8 Å². The van der Waals surface area contributed by atoms with Crippen LogP contribution in [0, 0.1) is 23.2 Å².